The number of aromatic amines is 1. The normalized spacial score (nSPS) is 10.9. The first-order chi connectivity index (χ1) is 10.0. The van der Waals surface area contributed by atoms with Crippen molar-refractivity contribution in [2.75, 3.05) is 7.11 Å². The molecule has 2 N–H and O–H groups in total. The summed E-state index contributed by atoms with van der Waals surface area (Å²) in [6.07, 6.45) is 2.86. The zero-order valence-electron chi connectivity index (χ0n) is 10.7. The Labute approximate surface area is 138 Å². The van der Waals surface area contributed by atoms with E-state index in [1.807, 2.05) is 0 Å². The summed E-state index contributed by atoms with van der Waals surface area (Å²) in [5, 5.41) is 10.9. The van der Waals surface area contributed by atoms with Crippen LogP contribution in [0.25, 0.3) is 0 Å². The van der Waals surface area contributed by atoms with Crippen molar-refractivity contribution in [3.05, 3.63) is 44.1 Å². The number of halogens is 3. The average Bonchev–Trinajstić information content (AvgIpc) is 2.84. The van der Waals surface area contributed by atoms with Gasteiger partial charge >= 0.3 is 0 Å². The van der Waals surface area contributed by atoms with Gasteiger partial charge in [-0.2, -0.15) is 10.2 Å². The number of ether oxygens (including phenoxy) is 1. The molecule has 0 saturated heterocycles. The molecule has 0 spiro atoms. The highest BCUT2D eigenvalue weighted by Crippen LogP contribution is 2.31. The van der Waals surface area contributed by atoms with Crippen molar-refractivity contribution in [3.63, 3.8) is 0 Å². The molecule has 0 aliphatic carbocycles. The topological polar surface area (TPSA) is 79.4 Å². The second-order valence-corrected chi connectivity index (χ2v) is 5.50. The van der Waals surface area contributed by atoms with Crippen molar-refractivity contribution in [1.82, 2.24) is 15.6 Å². The summed E-state index contributed by atoms with van der Waals surface area (Å²) in [5.41, 5.74) is 3.16. The van der Waals surface area contributed by atoms with E-state index in [2.05, 4.69) is 36.7 Å². The van der Waals surface area contributed by atoms with Crippen molar-refractivity contribution >= 4 is 51.3 Å². The number of rotatable bonds is 4. The Morgan fingerprint density at radius 1 is 1.52 bits per heavy atom. The van der Waals surface area contributed by atoms with Crippen LogP contribution >= 0.6 is 39.1 Å². The smallest absolute Gasteiger partial charge is 0.290 e. The summed E-state index contributed by atoms with van der Waals surface area (Å²) >= 11 is 15.1. The van der Waals surface area contributed by atoms with Gasteiger partial charge in [-0.25, -0.2) is 5.43 Å². The summed E-state index contributed by atoms with van der Waals surface area (Å²) in [6.45, 7) is 0. The molecule has 0 aliphatic rings. The summed E-state index contributed by atoms with van der Waals surface area (Å²) in [7, 11) is 1.48. The Morgan fingerprint density at radius 3 is 2.90 bits per heavy atom. The molecule has 0 fully saturated rings. The van der Waals surface area contributed by atoms with Crippen LogP contribution in [0.1, 0.15) is 16.1 Å². The number of carbonyl (C=O) groups is 1. The first kappa shape index (κ1) is 15.8. The van der Waals surface area contributed by atoms with Gasteiger partial charge in [0, 0.05) is 10.6 Å². The molecule has 1 amide bonds. The molecule has 110 valence electrons. The Bertz CT molecular complexity index is 703. The lowest BCUT2D eigenvalue weighted by Gasteiger charge is -2.07. The molecule has 1 aromatic heterocycles. The third kappa shape index (κ3) is 3.75. The van der Waals surface area contributed by atoms with Gasteiger partial charge in [-0.1, -0.05) is 23.2 Å². The van der Waals surface area contributed by atoms with E-state index in [9.17, 15) is 4.79 Å². The average molecular weight is 392 g/mol. The maximum Gasteiger partial charge on any atom is 0.290 e. The monoisotopic (exact) mass is 390 g/mol. The highest BCUT2D eigenvalue weighted by atomic mass is 79.9. The minimum absolute atomic E-state index is 0.267. The van der Waals surface area contributed by atoms with E-state index < -0.39 is 5.91 Å². The molecule has 6 nitrogen and oxygen atoms in total. The molecular formula is C12H9BrCl2N4O2. The number of aromatic nitrogens is 2. The summed E-state index contributed by atoms with van der Waals surface area (Å²) < 4.78 is 5.70. The van der Waals surface area contributed by atoms with Crippen LogP contribution < -0.4 is 10.2 Å². The number of carbonyl (C=O) groups excluding carboxylic acids is 1. The predicted octanol–water partition coefficient (Wildman–Crippen LogP) is 3.25. The Kier molecular flexibility index (Phi) is 5.22. The minimum atomic E-state index is -0.442. The molecule has 2 aromatic rings. The molecule has 0 bridgehead atoms. The number of nitrogens with one attached hydrogen (secondary N) is 2. The Hall–Kier alpha value is -1.57. The molecule has 2 rings (SSSR count). The highest BCUT2D eigenvalue weighted by Gasteiger charge is 2.11. The van der Waals surface area contributed by atoms with Crippen molar-refractivity contribution in [2.45, 2.75) is 0 Å². The molecular weight excluding hydrogens is 383 g/mol. The van der Waals surface area contributed by atoms with E-state index in [4.69, 9.17) is 27.9 Å². The van der Waals surface area contributed by atoms with Crippen LogP contribution in [-0.4, -0.2) is 29.4 Å². The van der Waals surface area contributed by atoms with Crippen molar-refractivity contribution in [2.24, 2.45) is 5.10 Å². The molecule has 0 radical (unpaired) electrons. The van der Waals surface area contributed by atoms with Crippen LogP contribution in [0.2, 0.25) is 10.0 Å². The number of nitrogens with zero attached hydrogens (tertiary/aromatic N) is 2. The fourth-order valence-electron chi connectivity index (χ4n) is 1.54. The van der Waals surface area contributed by atoms with E-state index >= 15 is 0 Å². The van der Waals surface area contributed by atoms with Crippen LogP contribution in [0.4, 0.5) is 0 Å². The molecule has 0 atom stereocenters. The lowest BCUT2D eigenvalue weighted by molar-refractivity contribution is 0.0949. The lowest BCUT2D eigenvalue weighted by atomic mass is 10.2. The third-order valence-corrected chi connectivity index (χ3v) is 3.53. The first-order valence-corrected chi connectivity index (χ1v) is 7.13. The van der Waals surface area contributed by atoms with Crippen LogP contribution in [0.15, 0.2) is 27.9 Å². The Balaban J connectivity index is 2.15. The van der Waals surface area contributed by atoms with Gasteiger partial charge < -0.3 is 4.74 Å². The van der Waals surface area contributed by atoms with Gasteiger partial charge in [-0.05, 0) is 28.1 Å². The molecule has 9 heteroatoms. The summed E-state index contributed by atoms with van der Waals surface area (Å²) in [5.74, 6) is -0.0236. The maximum absolute atomic E-state index is 11.8. The van der Waals surface area contributed by atoms with Gasteiger partial charge in [0.15, 0.2) is 0 Å². The fraction of sp³-hybridized carbons (Fsp3) is 0.0833. The first-order valence-electron chi connectivity index (χ1n) is 5.58. The third-order valence-electron chi connectivity index (χ3n) is 2.43. The number of hydrogen-bond acceptors (Lipinski definition) is 4. The van der Waals surface area contributed by atoms with Crippen molar-refractivity contribution in [1.29, 1.82) is 0 Å². The van der Waals surface area contributed by atoms with Gasteiger partial charge in [-0.15, -0.1) is 0 Å². The van der Waals surface area contributed by atoms with Gasteiger partial charge in [0.2, 0.25) is 0 Å². The van der Waals surface area contributed by atoms with E-state index in [1.165, 1.54) is 19.5 Å². The van der Waals surface area contributed by atoms with Gasteiger partial charge in [0.1, 0.15) is 11.4 Å². The molecule has 0 unspecified atom stereocenters. The van der Waals surface area contributed by atoms with E-state index in [0.29, 0.717) is 25.8 Å². The number of benzene rings is 1. The number of hydrazone groups is 1. The van der Waals surface area contributed by atoms with Crippen LogP contribution in [0, 0.1) is 0 Å². The zero-order valence-corrected chi connectivity index (χ0v) is 13.8. The van der Waals surface area contributed by atoms with E-state index in [-0.39, 0.29) is 5.69 Å². The minimum Gasteiger partial charge on any atom is -0.495 e. The van der Waals surface area contributed by atoms with Gasteiger partial charge in [0.25, 0.3) is 5.91 Å². The quantitative estimate of drug-likeness (QED) is 0.620. The number of hydrogen-bond donors (Lipinski definition) is 2. The van der Waals surface area contributed by atoms with Crippen molar-refractivity contribution < 1.29 is 9.53 Å². The standard InChI is InChI=1S/C12H9BrCl2N4O2/c1-21-11-6(2-7(14)3-9(11)15)4-16-19-12(20)10-8(13)5-17-18-10/h2-5H,1H3,(H,17,18)(H,19,20). The van der Waals surface area contributed by atoms with Gasteiger partial charge in [-0.3, -0.25) is 9.89 Å². The van der Waals surface area contributed by atoms with Crippen LogP contribution in [-0.2, 0) is 0 Å². The maximum atomic E-state index is 11.8. The SMILES string of the molecule is COc1c(Cl)cc(Cl)cc1C=NNC(=O)c1[nH]ncc1Br. The number of methoxy groups -OCH3 is 1. The molecule has 1 heterocycles. The zero-order chi connectivity index (χ0) is 15.4. The predicted molar refractivity (Wildman–Crippen MR) is 84.4 cm³/mol. The van der Waals surface area contributed by atoms with Crippen LogP contribution in [0.3, 0.4) is 0 Å². The van der Waals surface area contributed by atoms with E-state index in [1.54, 1.807) is 12.1 Å². The molecule has 0 aliphatic heterocycles. The number of amides is 1. The largest absolute Gasteiger partial charge is 0.495 e. The van der Waals surface area contributed by atoms with Crippen molar-refractivity contribution in [3.8, 4) is 5.75 Å². The molecule has 1 aromatic carbocycles. The second-order valence-electron chi connectivity index (χ2n) is 3.80. The van der Waals surface area contributed by atoms with E-state index in [0.717, 1.165) is 0 Å². The number of H-pyrrole nitrogens is 1. The van der Waals surface area contributed by atoms with Crippen LogP contribution in [0.5, 0.6) is 5.75 Å². The lowest BCUT2D eigenvalue weighted by Crippen LogP contribution is -2.18. The fourth-order valence-corrected chi connectivity index (χ4v) is 2.50. The van der Waals surface area contributed by atoms with Gasteiger partial charge in [0.05, 0.1) is 29.0 Å². The highest BCUT2D eigenvalue weighted by molar-refractivity contribution is 9.10. The summed E-state index contributed by atoms with van der Waals surface area (Å²) in [6, 6.07) is 3.17. The molecule has 0 saturated carbocycles. The molecule has 21 heavy (non-hydrogen) atoms. The Morgan fingerprint density at radius 2 is 2.29 bits per heavy atom. The summed E-state index contributed by atoms with van der Waals surface area (Å²) in [4.78, 5) is 11.8. The second kappa shape index (κ2) is 6.93.